The van der Waals surface area contributed by atoms with Crippen molar-refractivity contribution in [1.29, 1.82) is 0 Å². The van der Waals surface area contributed by atoms with Crippen molar-refractivity contribution in [3.05, 3.63) is 59.7 Å². The minimum atomic E-state index is -0.890. The SMILES string of the molecule is O=C(O)CCc1c(OCCCCCO)cccc1OCCOCCOCCOCCNC(=O)OCc1ccccc1. The summed E-state index contributed by atoms with van der Waals surface area (Å²) in [5, 5.41) is 20.7. The van der Waals surface area contributed by atoms with Crippen LogP contribution in [-0.2, 0) is 36.8 Å². The summed E-state index contributed by atoms with van der Waals surface area (Å²) in [7, 11) is 0. The van der Waals surface area contributed by atoms with E-state index in [4.69, 9.17) is 38.6 Å². The number of carbonyl (C=O) groups is 2. The largest absolute Gasteiger partial charge is 0.493 e. The van der Waals surface area contributed by atoms with E-state index >= 15 is 0 Å². The minimum Gasteiger partial charge on any atom is -0.493 e. The zero-order valence-corrected chi connectivity index (χ0v) is 23.6. The summed E-state index contributed by atoms with van der Waals surface area (Å²) in [6, 6.07) is 14.9. The van der Waals surface area contributed by atoms with Crippen molar-refractivity contribution >= 4 is 12.1 Å². The molecule has 0 atom stereocenters. The van der Waals surface area contributed by atoms with Crippen LogP contribution in [0.25, 0.3) is 0 Å². The first-order valence-electron chi connectivity index (χ1n) is 14.0. The molecule has 0 aromatic heterocycles. The highest BCUT2D eigenvalue weighted by Crippen LogP contribution is 2.30. The van der Waals surface area contributed by atoms with E-state index in [0.29, 0.717) is 77.3 Å². The number of carboxylic acid groups (broad SMARTS) is 1. The second-order valence-corrected chi connectivity index (χ2v) is 8.93. The molecule has 0 fully saturated rings. The van der Waals surface area contributed by atoms with Crippen LogP contribution in [-0.4, -0.2) is 88.3 Å². The third kappa shape index (κ3) is 16.5. The molecule has 11 nitrogen and oxygen atoms in total. The van der Waals surface area contributed by atoms with Crippen LogP contribution < -0.4 is 14.8 Å². The molecule has 0 radical (unpaired) electrons. The van der Waals surface area contributed by atoms with Crippen molar-refractivity contribution in [2.75, 3.05) is 66.0 Å². The Labute approximate surface area is 241 Å². The maximum absolute atomic E-state index is 11.7. The number of aliphatic carboxylic acids is 1. The molecule has 2 rings (SSSR count). The smallest absolute Gasteiger partial charge is 0.407 e. The van der Waals surface area contributed by atoms with Crippen LogP contribution in [0.4, 0.5) is 4.79 Å². The molecule has 0 aliphatic carbocycles. The van der Waals surface area contributed by atoms with Crippen LogP contribution in [0, 0.1) is 0 Å². The van der Waals surface area contributed by atoms with Crippen LogP contribution in [0.3, 0.4) is 0 Å². The van der Waals surface area contributed by atoms with Crippen molar-refractivity contribution in [2.24, 2.45) is 0 Å². The number of benzene rings is 2. The normalized spacial score (nSPS) is 10.8. The monoisotopic (exact) mass is 577 g/mol. The number of carbonyl (C=O) groups excluding carboxylic acids is 1. The number of rotatable bonds is 24. The van der Waals surface area contributed by atoms with Crippen molar-refractivity contribution in [3.8, 4) is 11.5 Å². The molecule has 228 valence electrons. The molecule has 2 aromatic rings. The molecular formula is C30H43NO10. The second kappa shape index (κ2) is 22.3. The van der Waals surface area contributed by atoms with E-state index in [9.17, 15) is 9.59 Å². The van der Waals surface area contributed by atoms with E-state index in [1.807, 2.05) is 42.5 Å². The van der Waals surface area contributed by atoms with Crippen LogP contribution in [0.15, 0.2) is 48.5 Å². The summed E-state index contributed by atoms with van der Waals surface area (Å²) in [6.07, 6.45) is 2.16. The number of aliphatic hydroxyl groups excluding tert-OH is 1. The fraction of sp³-hybridized carbons (Fsp3) is 0.533. The van der Waals surface area contributed by atoms with Gasteiger partial charge in [-0.1, -0.05) is 36.4 Å². The van der Waals surface area contributed by atoms with Gasteiger partial charge in [-0.05, 0) is 43.4 Å². The predicted octanol–water partition coefficient (Wildman–Crippen LogP) is 3.60. The topological polar surface area (TPSA) is 142 Å². The Morgan fingerprint density at radius 1 is 0.707 bits per heavy atom. The van der Waals surface area contributed by atoms with Crippen molar-refractivity contribution in [1.82, 2.24) is 5.32 Å². The molecule has 0 aliphatic rings. The Balaban J connectivity index is 1.50. The van der Waals surface area contributed by atoms with Crippen LogP contribution in [0.5, 0.6) is 11.5 Å². The number of ether oxygens (including phenoxy) is 6. The molecule has 0 aliphatic heterocycles. The number of carboxylic acids is 1. The molecule has 41 heavy (non-hydrogen) atoms. The van der Waals surface area contributed by atoms with Gasteiger partial charge in [0.1, 0.15) is 24.7 Å². The van der Waals surface area contributed by atoms with Gasteiger partial charge in [-0.15, -0.1) is 0 Å². The number of hydrogen-bond acceptors (Lipinski definition) is 9. The average molecular weight is 578 g/mol. The Morgan fingerprint density at radius 3 is 2.00 bits per heavy atom. The fourth-order valence-electron chi connectivity index (χ4n) is 3.62. The first-order valence-corrected chi connectivity index (χ1v) is 14.0. The zero-order valence-electron chi connectivity index (χ0n) is 23.6. The van der Waals surface area contributed by atoms with Gasteiger partial charge in [0, 0.05) is 25.1 Å². The van der Waals surface area contributed by atoms with Gasteiger partial charge in [0.15, 0.2) is 0 Å². The van der Waals surface area contributed by atoms with Gasteiger partial charge in [-0.25, -0.2) is 4.79 Å². The van der Waals surface area contributed by atoms with E-state index in [1.54, 1.807) is 6.07 Å². The van der Waals surface area contributed by atoms with Gasteiger partial charge in [0.25, 0.3) is 0 Å². The first kappa shape index (κ1) is 33.8. The average Bonchev–Trinajstić information content (AvgIpc) is 2.98. The van der Waals surface area contributed by atoms with E-state index in [-0.39, 0.29) is 19.6 Å². The number of nitrogens with one attached hydrogen (secondary N) is 1. The predicted molar refractivity (Wildman–Crippen MR) is 151 cm³/mol. The minimum absolute atomic E-state index is 0.0311. The number of amides is 1. The molecule has 11 heteroatoms. The zero-order chi connectivity index (χ0) is 29.4. The highest BCUT2D eigenvalue weighted by molar-refractivity contribution is 5.67. The Kier molecular flexibility index (Phi) is 18.4. The quantitative estimate of drug-likeness (QED) is 0.158. The summed E-state index contributed by atoms with van der Waals surface area (Å²) in [5.74, 6) is 0.302. The van der Waals surface area contributed by atoms with Gasteiger partial charge in [-0.2, -0.15) is 0 Å². The lowest BCUT2D eigenvalue weighted by atomic mass is 10.1. The van der Waals surface area contributed by atoms with Crippen LogP contribution in [0.2, 0.25) is 0 Å². The molecule has 0 bridgehead atoms. The van der Waals surface area contributed by atoms with E-state index in [2.05, 4.69) is 5.32 Å². The summed E-state index contributed by atoms with van der Waals surface area (Å²) >= 11 is 0. The van der Waals surface area contributed by atoms with E-state index < -0.39 is 12.1 Å². The van der Waals surface area contributed by atoms with Crippen LogP contribution >= 0.6 is 0 Å². The van der Waals surface area contributed by atoms with Gasteiger partial charge in [-0.3, -0.25) is 4.79 Å². The third-order valence-electron chi connectivity index (χ3n) is 5.70. The second-order valence-electron chi connectivity index (χ2n) is 8.93. The van der Waals surface area contributed by atoms with Gasteiger partial charge >= 0.3 is 12.1 Å². The molecule has 0 spiro atoms. The number of unbranched alkanes of at least 4 members (excludes halogenated alkanes) is 2. The van der Waals surface area contributed by atoms with E-state index in [1.165, 1.54) is 0 Å². The molecule has 3 N–H and O–H groups in total. The lowest BCUT2D eigenvalue weighted by molar-refractivity contribution is -0.136. The van der Waals surface area contributed by atoms with E-state index in [0.717, 1.165) is 30.4 Å². The van der Waals surface area contributed by atoms with Gasteiger partial charge in [0.05, 0.1) is 46.2 Å². The maximum Gasteiger partial charge on any atom is 0.407 e. The summed E-state index contributed by atoms with van der Waals surface area (Å²) in [6.45, 7) is 3.78. The third-order valence-corrected chi connectivity index (χ3v) is 5.70. The molecule has 0 saturated carbocycles. The molecule has 0 heterocycles. The van der Waals surface area contributed by atoms with Crippen LogP contribution in [0.1, 0.15) is 36.8 Å². The molecule has 2 aromatic carbocycles. The van der Waals surface area contributed by atoms with Crippen molar-refractivity contribution in [3.63, 3.8) is 0 Å². The first-order chi connectivity index (χ1) is 20.1. The highest BCUT2D eigenvalue weighted by Gasteiger charge is 2.13. The summed E-state index contributed by atoms with van der Waals surface area (Å²) < 4.78 is 33.3. The summed E-state index contributed by atoms with van der Waals surface area (Å²) in [5.41, 5.74) is 1.65. The summed E-state index contributed by atoms with van der Waals surface area (Å²) in [4.78, 5) is 22.8. The standard InChI is InChI=1S/C30H43NO10/c32-15-5-2-6-16-39-27-10-7-11-28(26(27)12-13-29(33)34)40-23-22-38-21-20-37-19-18-36-17-14-31-30(35)41-24-25-8-3-1-4-9-25/h1,3-4,7-11,32H,2,5-6,12-24H2,(H,31,35)(H,33,34). The number of alkyl carbamates (subject to hydrolysis) is 1. The Hall–Kier alpha value is -3.38. The van der Waals surface area contributed by atoms with Gasteiger partial charge in [0.2, 0.25) is 0 Å². The molecular weight excluding hydrogens is 534 g/mol. The Bertz CT molecular complexity index is 973. The lowest BCUT2D eigenvalue weighted by Crippen LogP contribution is -2.28. The highest BCUT2D eigenvalue weighted by atomic mass is 16.6. The molecule has 1 amide bonds. The van der Waals surface area contributed by atoms with Gasteiger partial charge < -0.3 is 44.0 Å². The van der Waals surface area contributed by atoms with Crippen molar-refractivity contribution in [2.45, 2.75) is 38.7 Å². The van der Waals surface area contributed by atoms with Crippen molar-refractivity contribution < 1.29 is 48.2 Å². The fourth-order valence-corrected chi connectivity index (χ4v) is 3.62. The lowest BCUT2D eigenvalue weighted by Gasteiger charge is -2.16. The molecule has 0 unspecified atom stereocenters. The maximum atomic E-state index is 11.7. The number of hydrogen-bond donors (Lipinski definition) is 3. The Morgan fingerprint density at radius 2 is 1.34 bits per heavy atom. The number of aliphatic hydroxyl groups is 1. The molecule has 0 saturated heterocycles.